The van der Waals surface area contributed by atoms with Crippen molar-refractivity contribution in [2.24, 2.45) is 17.0 Å². The summed E-state index contributed by atoms with van der Waals surface area (Å²) in [6.45, 7) is 2.09. The van der Waals surface area contributed by atoms with E-state index in [4.69, 9.17) is 10.3 Å². The molecule has 1 aliphatic rings. The lowest BCUT2D eigenvalue weighted by Crippen LogP contribution is -2.16. The van der Waals surface area contributed by atoms with Crippen molar-refractivity contribution in [3.8, 4) is 28.4 Å². The number of benzene rings is 2. The first-order valence-electron chi connectivity index (χ1n) is 12.5. The maximum atomic E-state index is 13.7. The van der Waals surface area contributed by atoms with Crippen molar-refractivity contribution in [3.05, 3.63) is 78.3 Å². The maximum absolute atomic E-state index is 13.7. The van der Waals surface area contributed by atoms with E-state index in [9.17, 15) is 8.78 Å². The highest BCUT2D eigenvalue weighted by Gasteiger charge is 2.37. The molecular formula is C28H28F2N8O. The monoisotopic (exact) mass is 530 g/mol. The van der Waals surface area contributed by atoms with Crippen molar-refractivity contribution in [2.45, 2.75) is 13.0 Å². The standard InChI is InChI=1S/C28H28F2N8O/c1-38(2)15-20-7-21(20)16-39-24-12-33-26(34-13-24)18-5-3-4-17(6-18)11-32-27-28(37-31)35-14-25(36-27)19-8-22(29)10-23(30)9-19/h3-6,8-10,12-14,20-21,31H,7,11,15-16H2,1-2H3,(H,32,36)/t20-,21-/m1/s1. The fourth-order valence-electron chi connectivity index (χ4n) is 4.38. The van der Waals surface area contributed by atoms with Gasteiger partial charge in [0.05, 0.1) is 30.9 Å². The molecule has 39 heavy (non-hydrogen) atoms. The van der Waals surface area contributed by atoms with E-state index in [0.717, 1.165) is 23.7 Å². The molecule has 0 unspecified atom stereocenters. The van der Waals surface area contributed by atoms with Crippen LogP contribution >= 0.6 is 0 Å². The van der Waals surface area contributed by atoms with E-state index in [0.29, 0.717) is 36.6 Å². The van der Waals surface area contributed by atoms with Gasteiger partial charge in [0.2, 0.25) is 5.82 Å². The fraction of sp³-hybridized carbons (Fsp3) is 0.286. The van der Waals surface area contributed by atoms with Gasteiger partial charge in [-0.05, 0) is 56.1 Å². The normalized spacial score (nSPS) is 16.2. The maximum Gasteiger partial charge on any atom is 0.216 e. The SMILES string of the molecule is CN(C)C[C@H]1C[C@@H]1COc1cnc(-c2cccc(CNc3nc(-c4cc(F)cc(F)c4)cnc3N=N)c2)nc1. The Morgan fingerprint density at radius 2 is 1.77 bits per heavy atom. The number of ether oxygens (including phenoxy) is 1. The quantitative estimate of drug-likeness (QED) is 0.238. The van der Waals surface area contributed by atoms with Gasteiger partial charge in [0.25, 0.3) is 0 Å². The smallest absolute Gasteiger partial charge is 0.216 e. The Balaban J connectivity index is 1.23. The van der Waals surface area contributed by atoms with Crippen LogP contribution in [0.3, 0.4) is 0 Å². The van der Waals surface area contributed by atoms with Crippen LogP contribution in [0.4, 0.5) is 20.4 Å². The molecule has 2 N–H and O–H groups in total. The number of anilines is 1. The average Bonchev–Trinajstić information content (AvgIpc) is 3.67. The van der Waals surface area contributed by atoms with Gasteiger partial charge in [-0.1, -0.05) is 18.2 Å². The van der Waals surface area contributed by atoms with E-state index in [1.165, 1.54) is 24.8 Å². The molecule has 1 fully saturated rings. The summed E-state index contributed by atoms with van der Waals surface area (Å²) in [6, 6.07) is 10.8. The van der Waals surface area contributed by atoms with Gasteiger partial charge < -0.3 is 15.0 Å². The van der Waals surface area contributed by atoms with Gasteiger partial charge in [0.15, 0.2) is 17.4 Å². The topological polar surface area (TPSA) is 112 Å². The van der Waals surface area contributed by atoms with Crippen molar-refractivity contribution in [3.63, 3.8) is 0 Å². The third-order valence-corrected chi connectivity index (χ3v) is 6.42. The lowest BCUT2D eigenvalue weighted by Gasteiger charge is -2.11. The third kappa shape index (κ3) is 6.74. The van der Waals surface area contributed by atoms with Crippen molar-refractivity contribution in [1.29, 1.82) is 5.53 Å². The summed E-state index contributed by atoms with van der Waals surface area (Å²) < 4.78 is 33.3. The molecule has 11 heteroatoms. The molecular weight excluding hydrogens is 502 g/mol. The predicted octanol–water partition coefficient (Wildman–Crippen LogP) is 5.73. The van der Waals surface area contributed by atoms with E-state index in [-0.39, 0.29) is 22.9 Å². The second-order valence-corrected chi connectivity index (χ2v) is 9.82. The Labute approximate surface area is 224 Å². The van der Waals surface area contributed by atoms with Gasteiger partial charge in [-0.3, -0.25) is 0 Å². The summed E-state index contributed by atoms with van der Waals surface area (Å²) in [5, 5.41) is 6.52. The number of hydrogen-bond donors (Lipinski definition) is 2. The van der Waals surface area contributed by atoms with Crippen molar-refractivity contribution >= 4 is 11.6 Å². The molecule has 0 amide bonds. The molecule has 2 atom stereocenters. The van der Waals surface area contributed by atoms with Crippen LogP contribution in [-0.2, 0) is 6.54 Å². The highest BCUT2D eigenvalue weighted by atomic mass is 19.1. The molecule has 5 rings (SSSR count). The van der Waals surface area contributed by atoms with Crippen LogP contribution in [-0.4, -0.2) is 52.1 Å². The van der Waals surface area contributed by atoms with Gasteiger partial charge in [0, 0.05) is 30.3 Å². The predicted molar refractivity (Wildman–Crippen MR) is 143 cm³/mol. The summed E-state index contributed by atoms with van der Waals surface area (Å²) in [6.07, 6.45) is 5.89. The van der Waals surface area contributed by atoms with Crippen LogP contribution in [0, 0.1) is 29.0 Å². The number of aromatic nitrogens is 4. The molecule has 0 saturated heterocycles. The first kappa shape index (κ1) is 26.2. The van der Waals surface area contributed by atoms with Crippen LogP contribution in [0.15, 0.2) is 66.2 Å². The zero-order chi connectivity index (χ0) is 27.4. The van der Waals surface area contributed by atoms with E-state index >= 15 is 0 Å². The number of halogens is 2. The van der Waals surface area contributed by atoms with Gasteiger partial charge in [-0.25, -0.2) is 34.2 Å². The second kappa shape index (κ2) is 11.6. The number of nitrogens with one attached hydrogen (secondary N) is 2. The van der Waals surface area contributed by atoms with Gasteiger partial charge >= 0.3 is 0 Å². The average molecular weight is 531 g/mol. The van der Waals surface area contributed by atoms with Gasteiger partial charge in [-0.15, -0.1) is 5.11 Å². The van der Waals surface area contributed by atoms with Crippen molar-refractivity contribution in [1.82, 2.24) is 24.8 Å². The number of rotatable bonds is 11. The highest BCUT2D eigenvalue weighted by molar-refractivity contribution is 5.65. The Kier molecular flexibility index (Phi) is 7.78. The lowest BCUT2D eigenvalue weighted by molar-refractivity contribution is 0.279. The van der Waals surface area contributed by atoms with Crippen LogP contribution in [0.25, 0.3) is 22.6 Å². The first-order valence-corrected chi connectivity index (χ1v) is 12.5. The van der Waals surface area contributed by atoms with E-state index < -0.39 is 11.6 Å². The zero-order valence-corrected chi connectivity index (χ0v) is 21.6. The summed E-state index contributed by atoms with van der Waals surface area (Å²) in [4.78, 5) is 19.6. The minimum Gasteiger partial charge on any atom is -0.490 e. The lowest BCUT2D eigenvalue weighted by atomic mass is 10.1. The third-order valence-electron chi connectivity index (χ3n) is 6.42. The molecule has 0 radical (unpaired) electrons. The highest BCUT2D eigenvalue weighted by Crippen LogP contribution is 2.39. The molecule has 0 aliphatic heterocycles. The van der Waals surface area contributed by atoms with Crippen LogP contribution < -0.4 is 10.1 Å². The second-order valence-electron chi connectivity index (χ2n) is 9.82. The Bertz CT molecular complexity index is 1440. The van der Waals surface area contributed by atoms with Crippen molar-refractivity contribution < 1.29 is 13.5 Å². The summed E-state index contributed by atoms with van der Waals surface area (Å²) in [5.41, 5.74) is 9.62. The summed E-state index contributed by atoms with van der Waals surface area (Å²) in [5.74, 6) is 1.34. The minimum atomic E-state index is -0.717. The van der Waals surface area contributed by atoms with Crippen LogP contribution in [0.2, 0.25) is 0 Å². The molecule has 200 valence electrons. The van der Waals surface area contributed by atoms with Gasteiger partial charge in [-0.2, -0.15) is 0 Å². The molecule has 0 spiro atoms. The Morgan fingerprint density at radius 1 is 1.00 bits per heavy atom. The number of nitrogens with zero attached hydrogens (tertiary/aromatic N) is 6. The zero-order valence-electron chi connectivity index (χ0n) is 21.6. The Hall–Kier alpha value is -4.38. The minimum absolute atomic E-state index is 0.0601. The summed E-state index contributed by atoms with van der Waals surface area (Å²) >= 11 is 0. The van der Waals surface area contributed by atoms with E-state index in [1.807, 2.05) is 24.3 Å². The summed E-state index contributed by atoms with van der Waals surface area (Å²) in [7, 11) is 4.17. The molecule has 2 aromatic heterocycles. The molecule has 2 aromatic carbocycles. The van der Waals surface area contributed by atoms with Crippen molar-refractivity contribution in [2.75, 3.05) is 32.6 Å². The largest absolute Gasteiger partial charge is 0.490 e. The molecule has 1 aliphatic carbocycles. The first-order chi connectivity index (χ1) is 18.9. The molecule has 0 bridgehead atoms. The van der Waals surface area contributed by atoms with Gasteiger partial charge in [0.1, 0.15) is 11.6 Å². The molecule has 2 heterocycles. The van der Waals surface area contributed by atoms with Crippen LogP contribution in [0.5, 0.6) is 5.75 Å². The molecule has 9 nitrogen and oxygen atoms in total. The molecule has 1 saturated carbocycles. The van der Waals surface area contributed by atoms with Crippen LogP contribution in [0.1, 0.15) is 12.0 Å². The fourth-order valence-corrected chi connectivity index (χ4v) is 4.38. The van der Waals surface area contributed by atoms with E-state index in [2.05, 4.69) is 49.4 Å². The van der Waals surface area contributed by atoms with E-state index in [1.54, 1.807) is 12.4 Å². The molecule has 4 aromatic rings. The Morgan fingerprint density at radius 3 is 2.49 bits per heavy atom. The number of hydrogen-bond acceptors (Lipinski definition) is 9.